The van der Waals surface area contributed by atoms with Crippen LogP contribution >= 0.6 is 0 Å². The Morgan fingerprint density at radius 2 is 1.95 bits per heavy atom. The van der Waals surface area contributed by atoms with Gasteiger partial charge >= 0.3 is 0 Å². The van der Waals surface area contributed by atoms with Crippen molar-refractivity contribution < 1.29 is 9.18 Å². The molecule has 1 atom stereocenters. The Morgan fingerprint density at radius 1 is 1.27 bits per heavy atom. The standard InChI is InChI=1S/C18H17FN2O/c1-3-12(2)14-5-7-15(8-6-14)21-18(22)16-9-4-13(11-20)10-17(16)19/h4-10,12H,3H2,1-2H3,(H,21,22). The molecule has 0 saturated heterocycles. The second-order valence-corrected chi connectivity index (χ2v) is 5.19. The summed E-state index contributed by atoms with van der Waals surface area (Å²) in [6, 6.07) is 13.2. The highest BCUT2D eigenvalue weighted by molar-refractivity contribution is 6.04. The van der Waals surface area contributed by atoms with E-state index in [1.807, 2.05) is 18.2 Å². The van der Waals surface area contributed by atoms with Gasteiger partial charge in [-0.25, -0.2) is 4.39 Å². The van der Waals surface area contributed by atoms with E-state index in [9.17, 15) is 9.18 Å². The summed E-state index contributed by atoms with van der Waals surface area (Å²) < 4.78 is 13.8. The minimum Gasteiger partial charge on any atom is -0.322 e. The summed E-state index contributed by atoms with van der Waals surface area (Å²) >= 11 is 0. The molecule has 0 heterocycles. The van der Waals surface area contributed by atoms with E-state index in [1.54, 1.807) is 12.1 Å². The van der Waals surface area contributed by atoms with Crippen LogP contribution in [0.5, 0.6) is 0 Å². The van der Waals surface area contributed by atoms with Gasteiger partial charge in [0, 0.05) is 5.69 Å². The molecule has 0 radical (unpaired) electrons. The second kappa shape index (κ2) is 6.86. The van der Waals surface area contributed by atoms with Crippen LogP contribution in [0.15, 0.2) is 42.5 Å². The molecule has 112 valence electrons. The van der Waals surface area contributed by atoms with Crippen LogP contribution in [0, 0.1) is 17.1 Å². The lowest BCUT2D eigenvalue weighted by Gasteiger charge is -2.11. The molecule has 1 N–H and O–H groups in total. The van der Waals surface area contributed by atoms with Crippen molar-refractivity contribution in [1.29, 1.82) is 5.26 Å². The first-order valence-corrected chi connectivity index (χ1v) is 7.16. The van der Waals surface area contributed by atoms with Crippen molar-refractivity contribution in [2.75, 3.05) is 5.32 Å². The molecule has 0 aromatic heterocycles. The summed E-state index contributed by atoms with van der Waals surface area (Å²) in [5, 5.41) is 11.4. The van der Waals surface area contributed by atoms with Crippen molar-refractivity contribution >= 4 is 11.6 Å². The van der Waals surface area contributed by atoms with Crippen LogP contribution in [0.1, 0.15) is 47.7 Å². The SMILES string of the molecule is CCC(C)c1ccc(NC(=O)c2ccc(C#N)cc2F)cc1. The number of nitrogens with zero attached hydrogens (tertiary/aromatic N) is 1. The molecule has 0 spiro atoms. The van der Waals surface area contributed by atoms with Gasteiger partial charge in [-0.2, -0.15) is 5.26 Å². The van der Waals surface area contributed by atoms with E-state index >= 15 is 0 Å². The lowest BCUT2D eigenvalue weighted by Crippen LogP contribution is -2.13. The molecule has 3 nitrogen and oxygen atoms in total. The molecule has 1 amide bonds. The van der Waals surface area contributed by atoms with E-state index in [1.165, 1.54) is 17.7 Å². The van der Waals surface area contributed by atoms with Gasteiger partial charge in [0.05, 0.1) is 17.2 Å². The number of halogens is 1. The number of carbonyl (C=O) groups is 1. The van der Waals surface area contributed by atoms with Crippen LogP contribution in [-0.4, -0.2) is 5.91 Å². The molecule has 0 fully saturated rings. The molecule has 0 saturated carbocycles. The average Bonchev–Trinajstić information content (AvgIpc) is 2.54. The quantitative estimate of drug-likeness (QED) is 0.905. The number of amides is 1. The lowest BCUT2D eigenvalue weighted by molar-refractivity contribution is 0.102. The Bertz CT molecular complexity index is 717. The minimum atomic E-state index is -0.701. The van der Waals surface area contributed by atoms with Gasteiger partial charge in [-0.3, -0.25) is 4.79 Å². The molecule has 2 aromatic rings. The molecule has 4 heteroatoms. The zero-order chi connectivity index (χ0) is 16.1. The lowest BCUT2D eigenvalue weighted by atomic mass is 9.98. The van der Waals surface area contributed by atoms with Crippen LogP contribution in [0.2, 0.25) is 0 Å². The van der Waals surface area contributed by atoms with Gasteiger partial charge in [-0.1, -0.05) is 26.0 Å². The average molecular weight is 296 g/mol. The number of nitriles is 1. The maximum absolute atomic E-state index is 13.8. The molecule has 0 aliphatic rings. The van der Waals surface area contributed by atoms with Gasteiger partial charge in [-0.05, 0) is 48.2 Å². The van der Waals surface area contributed by atoms with Crippen LogP contribution in [0.25, 0.3) is 0 Å². The van der Waals surface area contributed by atoms with Crippen molar-refractivity contribution in [2.45, 2.75) is 26.2 Å². The van der Waals surface area contributed by atoms with Crippen molar-refractivity contribution in [3.8, 4) is 6.07 Å². The van der Waals surface area contributed by atoms with Crippen LogP contribution < -0.4 is 5.32 Å². The summed E-state index contributed by atoms with van der Waals surface area (Å²) in [5.41, 5.74) is 1.92. The molecule has 1 unspecified atom stereocenters. The first-order chi connectivity index (χ1) is 10.5. The predicted molar refractivity (Wildman–Crippen MR) is 84.2 cm³/mol. The molecular formula is C18H17FN2O. The van der Waals surface area contributed by atoms with Gasteiger partial charge < -0.3 is 5.32 Å². The molecule has 0 bridgehead atoms. The van der Waals surface area contributed by atoms with Gasteiger partial charge in [-0.15, -0.1) is 0 Å². The number of benzene rings is 2. The summed E-state index contributed by atoms with van der Waals surface area (Å²) in [4.78, 5) is 12.1. The third-order valence-electron chi connectivity index (χ3n) is 3.69. The Kier molecular flexibility index (Phi) is 4.90. The number of rotatable bonds is 4. The van der Waals surface area contributed by atoms with Crippen molar-refractivity contribution in [3.63, 3.8) is 0 Å². The van der Waals surface area contributed by atoms with Gasteiger partial charge in [0.2, 0.25) is 0 Å². The normalized spacial score (nSPS) is 11.5. The second-order valence-electron chi connectivity index (χ2n) is 5.19. The highest BCUT2D eigenvalue weighted by Crippen LogP contribution is 2.21. The largest absolute Gasteiger partial charge is 0.322 e. The topological polar surface area (TPSA) is 52.9 Å². The third-order valence-corrected chi connectivity index (χ3v) is 3.69. The highest BCUT2D eigenvalue weighted by atomic mass is 19.1. The van der Waals surface area contributed by atoms with Crippen LogP contribution in [0.3, 0.4) is 0 Å². The summed E-state index contributed by atoms with van der Waals surface area (Å²) in [6.07, 6.45) is 1.04. The summed E-state index contributed by atoms with van der Waals surface area (Å²) in [7, 11) is 0. The Morgan fingerprint density at radius 3 is 2.50 bits per heavy atom. The first-order valence-electron chi connectivity index (χ1n) is 7.16. The molecule has 0 aliphatic heterocycles. The highest BCUT2D eigenvalue weighted by Gasteiger charge is 2.12. The molecular weight excluding hydrogens is 279 g/mol. The molecule has 0 aliphatic carbocycles. The predicted octanol–water partition coefficient (Wildman–Crippen LogP) is 4.46. The number of carbonyl (C=O) groups excluding carboxylic acids is 1. The van der Waals surface area contributed by atoms with Crippen molar-refractivity contribution in [1.82, 2.24) is 0 Å². The fourth-order valence-electron chi connectivity index (χ4n) is 2.10. The van der Waals surface area contributed by atoms with Gasteiger partial charge in [0.25, 0.3) is 5.91 Å². The van der Waals surface area contributed by atoms with Gasteiger partial charge in [0.1, 0.15) is 5.82 Å². The maximum atomic E-state index is 13.8. The van der Waals surface area contributed by atoms with E-state index in [-0.39, 0.29) is 11.1 Å². The smallest absolute Gasteiger partial charge is 0.258 e. The summed E-state index contributed by atoms with van der Waals surface area (Å²) in [5.74, 6) is -0.772. The number of nitrogens with one attached hydrogen (secondary N) is 1. The molecule has 2 rings (SSSR count). The fraction of sp³-hybridized carbons (Fsp3) is 0.222. The van der Waals surface area contributed by atoms with Crippen LogP contribution in [0.4, 0.5) is 10.1 Å². The maximum Gasteiger partial charge on any atom is 0.258 e. The summed E-state index contributed by atoms with van der Waals surface area (Å²) in [6.45, 7) is 4.26. The first kappa shape index (κ1) is 15.7. The Labute approximate surface area is 129 Å². The number of hydrogen-bond acceptors (Lipinski definition) is 2. The van der Waals surface area contributed by atoms with E-state index in [2.05, 4.69) is 19.2 Å². The third kappa shape index (κ3) is 3.50. The van der Waals surface area contributed by atoms with Crippen LogP contribution in [-0.2, 0) is 0 Å². The van der Waals surface area contributed by atoms with E-state index < -0.39 is 11.7 Å². The monoisotopic (exact) mass is 296 g/mol. The Balaban J connectivity index is 2.14. The van der Waals surface area contributed by atoms with Crippen molar-refractivity contribution in [2.24, 2.45) is 0 Å². The molecule has 22 heavy (non-hydrogen) atoms. The number of anilines is 1. The van der Waals surface area contributed by atoms with Gasteiger partial charge in [0.15, 0.2) is 0 Å². The van der Waals surface area contributed by atoms with Crippen molar-refractivity contribution in [3.05, 3.63) is 65.0 Å². The zero-order valence-electron chi connectivity index (χ0n) is 12.6. The molecule has 2 aromatic carbocycles. The van der Waals surface area contributed by atoms with E-state index in [4.69, 9.17) is 5.26 Å². The van der Waals surface area contributed by atoms with E-state index in [0.717, 1.165) is 12.5 Å². The van der Waals surface area contributed by atoms with E-state index in [0.29, 0.717) is 11.6 Å². The number of hydrogen-bond donors (Lipinski definition) is 1. The minimum absolute atomic E-state index is 0.0787. The Hall–Kier alpha value is -2.67. The fourth-order valence-corrected chi connectivity index (χ4v) is 2.10. The zero-order valence-corrected chi connectivity index (χ0v) is 12.6.